The second-order valence-corrected chi connectivity index (χ2v) is 5.85. The van der Waals surface area contributed by atoms with Crippen molar-refractivity contribution >= 4 is 0 Å². The van der Waals surface area contributed by atoms with Crippen LogP contribution in [-0.2, 0) is 6.42 Å². The Hall–Kier alpha value is -0.860. The predicted molar refractivity (Wildman–Crippen MR) is 82.5 cm³/mol. The summed E-state index contributed by atoms with van der Waals surface area (Å²) in [6.45, 7) is 8.16. The molecule has 1 saturated heterocycles. The zero-order valence-electron chi connectivity index (χ0n) is 12.4. The molecule has 1 aromatic rings. The fourth-order valence-corrected chi connectivity index (χ4v) is 2.96. The van der Waals surface area contributed by atoms with Crippen molar-refractivity contribution in [3.8, 4) is 0 Å². The minimum absolute atomic E-state index is 0.633. The van der Waals surface area contributed by atoms with Crippen LogP contribution in [0, 0.1) is 0 Å². The maximum absolute atomic E-state index is 3.63. The fraction of sp³-hybridized carbons (Fsp3) is 0.647. The molecule has 2 atom stereocenters. The number of nitrogens with zero attached hydrogens (tertiary/aromatic N) is 1. The Labute approximate surface area is 118 Å². The van der Waals surface area contributed by atoms with Crippen LogP contribution in [-0.4, -0.2) is 36.6 Å². The molecule has 1 aromatic carbocycles. The van der Waals surface area contributed by atoms with Crippen molar-refractivity contribution in [2.45, 2.75) is 51.6 Å². The van der Waals surface area contributed by atoms with Crippen molar-refractivity contribution in [2.24, 2.45) is 0 Å². The standard InChI is InChI=1S/C17H28N2/c1-3-4-8-11-19-14-15(2)18-13-17(19)12-16-9-6-5-7-10-16/h5-7,9-10,15,17-18H,3-4,8,11-14H2,1-2H3. The van der Waals surface area contributed by atoms with Gasteiger partial charge in [0.1, 0.15) is 0 Å². The fourth-order valence-electron chi connectivity index (χ4n) is 2.96. The Morgan fingerprint density at radius 1 is 1.21 bits per heavy atom. The van der Waals surface area contributed by atoms with Crippen LogP contribution in [0.3, 0.4) is 0 Å². The summed E-state index contributed by atoms with van der Waals surface area (Å²) in [6.07, 6.45) is 5.18. The Morgan fingerprint density at radius 2 is 2.00 bits per heavy atom. The third-order valence-electron chi connectivity index (χ3n) is 4.09. The van der Waals surface area contributed by atoms with Gasteiger partial charge < -0.3 is 5.32 Å². The number of hydrogen-bond acceptors (Lipinski definition) is 2. The van der Waals surface area contributed by atoms with E-state index < -0.39 is 0 Å². The SMILES string of the molecule is CCCCCN1CC(C)NCC1Cc1ccccc1. The van der Waals surface area contributed by atoms with E-state index in [4.69, 9.17) is 0 Å². The van der Waals surface area contributed by atoms with Crippen LogP contribution in [0.5, 0.6) is 0 Å². The molecule has 1 N–H and O–H groups in total. The van der Waals surface area contributed by atoms with Crippen molar-refractivity contribution in [3.63, 3.8) is 0 Å². The number of piperazine rings is 1. The summed E-state index contributed by atoms with van der Waals surface area (Å²) in [6, 6.07) is 12.2. The topological polar surface area (TPSA) is 15.3 Å². The molecule has 2 heteroatoms. The van der Waals surface area contributed by atoms with Gasteiger partial charge in [-0.05, 0) is 31.9 Å². The van der Waals surface area contributed by atoms with Gasteiger partial charge in [-0.15, -0.1) is 0 Å². The smallest absolute Gasteiger partial charge is 0.0261 e. The van der Waals surface area contributed by atoms with Crippen LogP contribution >= 0.6 is 0 Å². The quantitative estimate of drug-likeness (QED) is 0.791. The number of hydrogen-bond donors (Lipinski definition) is 1. The molecule has 2 rings (SSSR count). The summed E-state index contributed by atoms with van der Waals surface area (Å²) >= 11 is 0. The summed E-state index contributed by atoms with van der Waals surface area (Å²) in [5.74, 6) is 0. The van der Waals surface area contributed by atoms with Gasteiger partial charge in [-0.3, -0.25) is 4.90 Å². The third kappa shape index (κ3) is 4.63. The van der Waals surface area contributed by atoms with E-state index in [0.717, 1.165) is 6.54 Å². The minimum atomic E-state index is 0.633. The Bertz CT molecular complexity index is 350. The highest BCUT2D eigenvalue weighted by Gasteiger charge is 2.25. The van der Waals surface area contributed by atoms with Gasteiger partial charge in [0, 0.05) is 25.2 Å². The molecular weight excluding hydrogens is 232 g/mol. The largest absolute Gasteiger partial charge is 0.311 e. The zero-order valence-corrected chi connectivity index (χ0v) is 12.4. The van der Waals surface area contributed by atoms with Gasteiger partial charge in [-0.1, -0.05) is 50.1 Å². The number of rotatable bonds is 6. The van der Waals surface area contributed by atoms with Gasteiger partial charge in [0.05, 0.1) is 0 Å². The maximum atomic E-state index is 3.63. The average Bonchev–Trinajstić information content (AvgIpc) is 2.43. The van der Waals surface area contributed by atoms with Gasteiger partial charge in [0.25, 0.3) is 0 Å². The molecular formula is C17H28N2. The van der Waals surface area contributed by atoms with Crippen molar-refractivity contribution in [1.29, 1.82) is 0 Å². The van der Waals surface area contributed by atoms with Crippen molar-refractivity contribution < 1.29 is 0 Å². The van der Waals surface area contributed by atoms with E-state index in [1.165, 1.54) is 44.3 Å². The molecule has 1 heterocycles. The summed E-state index contributed by atoms with van der Waals surface area (Å²) in [7, 11) is 0. The monoisotopic (exact) mass is 260 g/mol. The summed E-state index contributed by atoms with van der Waals surface area (Å²) in [4.78, 5) is 2.70. The molecule has 0 saturated carbocycles. The van der Waals surface area contributed by atoms with Gasteiger partial charge >= 0.3 is 0 Å². The lowest BCUT2D eigenvalue weighted by Crippen LogP contribution is -2.56. The number of unbranched alkanes of at least 4 members (excludes halogenated alkanes) is 2. The highest BCUT2D eigenvalue weighted by Crippen LogP contribution is 2.14. The molecule has 2 unspecified atom stereocenters. The van der Waals surface area contributed by atoms with E-state index in [1.54, 1.807) is 0 Å². The van der Waals surface area contributed by atoms with Crippen LogP contribution in [0.4, 0.5) is 0 Å². The van der Waals surface area contributed by atoms with E-state index >= 15 is 0 Å². The molecule has 106 valence electrons. The van der Waals surface area contributed by atoms with Gasteiger partial charge in [-0.25, -0.2) is 0 Å². The minimum Gasteiger partial charge on any atom is -0.311 e. The summed E-state index contributed by atoms with van der Waals surface area (Å²) < 4.78 is 0. The third-order valence-corrected chi connectivity index (χ3v) is 4.09. The lowest BCUT2D eigenvalue weighted by atomic mass is 10.0. The highest BCUT2D eigenvalue weighted by molar-refractivity contribution is 5.16. The molecule has 1 aliphatic rings. The van der Waals surface area contributed by atoms with E-state index in [1.807, 2.05) is 0 Å². The Balaban J connectivity index is 1.91. The van der Waals surface area contributed by atoms with Crippen LogP contribution in [0.1, 0.15) is 38.7 Å². The number of nitrogens with one attached hydrogen (secondary N) is 1. The van der Waals surface area contributed by atoms with Gasteiger partial charge in [0.2, 0.25) is 0 Å². The summed E-state index contributed by atoms with van der Waals surface area (Å²) in [5, 5.41) is 3.63. The average molecular weight is 260 g/mol. The molecule has 1 fully saturated rings. The van der Waals surface area contributed by atoms with Crippen molar-refractivity contribution in [2.75, 3.05) is 19.6 Å². The molecule has 0 aromatic heterocycles. The van der Waals surface area contributed by atoms with E-state index in [9.17, 15) is 0 Å². The predicted octanol–water partition coefficient (Wildman–Crippen LogP) is 3.08. The first kappa shape index (κ1) is 14.5. The van der Waals surface area contributed by atoms with E-state index in [-0.39, 0.29) is 0 Å². The summed E-state index contributed by atoms with van der Waals surface area (Å²) in [5.41, 5.74) is 1.46. The molecule has 0 amide bonds. The van der Waals surface area contributed by atoms with Gasteiger partial charge in [-0.2, -0.15) is 0 Å². The molecule has 0 spiro atoms. The normalized spacial score (nSPS) is 24.5. The first-order valence-corrected chi connectivity index (χ1v) is 7.81. The Kier molecular flexibility index (Phi) is 5.87. The second kappa shape index (κ2) is 7.66. The molecule has 1 aliphatic heterocycles. The van der Waals surface area contributed by atoms with E-state index in [0.29, 0.717) is 12.1 Å². The first-order chi connectivity index (χ1) is 9.29. The van der Waals surface area contributed by atoms with Crippen LogP contribution < -0.4 is 5.32 Å². The Morgan fingerprint density at radius 3 is 2.74 bits per heavy atom. The molecule has 2 nitrogen and oxygen atoms in total. The second-order valence-electron chi connectivity index (χ2n) is 5.85. The molecule has 0 bridgehead atoms. The lowest BCUT2D eigenvalue weighted by Gasteiger charge is -2.39. The van der Waals surface area contributed by atoms with Crippen molar-refractivity contribution in [3.05, 3.63) is 35.9 Å². The van der Waals surface area contributed by atoms with E-state index in [2.05, 4.69) is 54.4 Å². The first-order valence-electron chi connectivity index (χ1n) is 7.81. The lowest BCUT2D eigenvalue weighted by molar-refractivity contribution is 0.132. The van der Waals surface area contributed by atoms with Crippen molar-refractivity contribution in [1.82, 2.24) is 10.2 Å². The number of benzene rings is 1. The molecule has 0 aliphatic carbocycles. The van der Waals surface area contributed by atoms with Gasteiger partial charge in [0.15, 0.2) is 0 Å². The van der Waals surface area contributed by atoms with Crippen LogP contribution in [0.25, 0.3) is 0 Å². The molecule has 0 radical (unpaired) electrons. The molecule has 19 heavy (non-hydrogen) atoms. The van der Waals surface area contributed by atoms with Crippen LogP contribution in [0.2, 0.25) is 0 Å². The zero-order chi connectivity index (χ0) is 13.5. The maximum Gasteiger partial charge on any atom is 0.0261 e. The van der Waals surface area contributed by atoms with Crippen LogP contribution in [0.15, 0.2) is 30.3 Å². The highest BCUT2D eigenvalue weighted by atomic mass is 15.2.